The number of hydrogen-bond acceptors (Lipinski definition) is 3. The molecule has 1 fully saturated rings. The lowest BCUT2D eigenvalue weighted by molar-refractivity contribution is 0.0705. The predicted octanol–water partition coefficient (Wildman–Crippen LogP) is 3.77. The summed E-state index contributed by atoms with van der Waals surface area (Å²) < 4.78 is 7.61. The van der Waals surface area contributed by atoms with E-state index in [1.807, 2.05) is 20.8 Å². The van der Waals surface area contributed by atoms with Gasteiger partial charge < -0.3 is 9.30 Å². The molecule has 3 rings (SSSR count). The first-order valence-electron chi connectivity index (χ1n) is 6.83. The van der Waals surface area contributed by atoms with Crippen molar-refractivity contribution >= 4 is 22.6 Å². The van der Waals surface area contributed by atoms with Crippen molar-refractivity contribution in [2.24, 2.45) is 0 Å². The first-order valence-corrected chi connectivity index (χ1v) is 7.20. The van der Waals surface area contributed by atoms with E-state index >= 15 is 0 Å². The second kappa shape index (κ2) is 6.35. The fourth-order valence-electron chi connectivity index (χ4n) is 2.47. The molecule has 0 saturated carbocycles. The molecule has 4 nitrogen and oxygen atoms in total. The number of aryl methyl sites for hydroxylation is 1. The van der Waals surface area contributed by atoms with Crippen molar-refractivity contribution in [1.29, 1.82) is 0 Å². The van der Waals surface area contributed by atoms with Gasteiger partial charge in [-0.1, -0.05) is 25.4 Å². The van der Waals surface area contributed by atoms with Crippen LogP contribution in [0.2, 0.25) is 5.15 Å². The molecule has 1 aliphatic heterocycles. The molecule has 0 aromatic carbocycles. The van der Waals surface area contributed by atoms with Crippen LogP contribution in [0.4, 0.5) is 0 Å². The Labute approximate surface area is 118 Å². The van der Waals surface area contributed by atoms with Gasteiger partial charge in [-0.3, -0.25) is 0 Å². The molecule has 0 bridgehead atoms. The molecule has 1 aliphatic rings. The Kier molecular flexibility index (Phi) is 4.77. The Balaban J connectivity index is 0.000000637. The summed E-state index contributed by atoms with van der Waals surface area (Å²) in [6.45, 7) is 7.69. The maximum atomic E-state index is 6.13. The summed E-state index contributed by atoms with van der Waals surface area (Å²) in [6, 6.07) is 0.464. The zero-order valence-electron chi connectivity index (χ0n) is 11.7. The van der Waals surface area contributed by atoms with Gasteiger partial charge in [-0.05, 0) is 25.3 Å². The van der Waals surface area contributed by atoms with Crippen LogP contribution in [0, 0.1) is 6.92 Å². The Morgan fingerprint density at radius 1 is 1.26 bits per heavy atom. The van der Waals surface area contributed by atoms with Crippen molar-refractivity contribution in [3.63, 3.8) is 0 Å². The summed E-state index contributed by atoms with van der Waals surface area (Å²) >= 11 is 6.13. The van der Waals surface area contributed by atoms with Crippen molar-refractivity contribution in [3.05, 3.63) is 23.2 Å². The number of ether oxygens (including phenoxy) is 1. The summed E-state index contributed by atoms with van der Waals surface area (Å²) in [4.78, 5) is 8.41. The highest BCUT2D eigenvalue weighted by atomic mass is 35.5. The van der Waals surface area contributed by atoms with Gasteiger partial charge in [0.05, 0.1) is 5.39 Å². The lowest BCUT2D eigenvalue weighted by atomic mass is 10.1. The SMILES string of the molecule is CC.Cc1cn(C2CCOCC2)c2ncnc(Cl)c12. The average molecular weight is 282 g/mol. The van der Waals surface area contributed by atoms with E-state index in [-0.39, 0.29) is 0 Å². The van der Waals surface area contributed by atoms with Crippen LogP contribution in [0.15, 0.2) is 12.5 Å². The zero-order chi connectivity index (χ0) is 13.8. The highest BCUT2D eigenvalue weighted by Gasteiger charge is 2.20. The van der Waals surface area contributed by atoms with E-state index in [9.17, 15) is 0 Å². The Morgan fingerprint density at radius 2 is 1.95 bits per heavy atom. The number of rotatable bonds is 1. The fourth-order valence-corrected chi connectivity index (χ4v) is 2.74. The Hall–Kier alpha value is -1.13. The van der Waals surface area contributed by atoms with Gasteiger partial charge in [0.25, 0.3) is 0 Å². The van der Waals surface area contributed by atoms with Gasteiger partial charge in [0.2, 0.25) is 0 Å². The maximum Gasteiger partial charge on any atom is 0.145 e. The molecule has 104 valence electrons. The van der Waals surface area contributed by atoms with E-state index in [0.29, 0.717) is 11.2 Å². The third kappa shape index (κ3) is 2.74. The minimum atomic E-state index is 0.464. The zero-order valence-corrected chi connectivity index (χ0v) is 12.4. The van der Waals surface area contributed by atoms with Gasteiger partial charge >= 0.3 is 0 Å². The smallest absolute Gasteiger partial charge is 0.145 e. The summed E-state index contributed by atoms with van der Waals surface area (Å²) in [5, 5.41) is 1.51. The van der Waals surface area contributed by atoms with Gasteiger partial charge in [0.1, 0.15) is 17.1 Å². The van der Waals surface area contributed by atoms with E-state index in [2.05, 4.69) is 20.7 Å². The highest BCUT2D eigenvalue weighted by molar-refractivity contribution is 6.34. The van der Waals surface area contributed by atoms with Crippen LogP contribution in [-0.2, 0) is 4.74 Å². The lowest BCUT2D eigenvalue weighted by Crippen LogP contribution is -2.19. The normalized spacial score (nSPS) is 16.2. The number of hydrogen-bond donors (Lipinski definition) is 0. The van der Waals surface area contributed by atoms with Crippen molar-refractivity contribution in [2.45, 2.75) is 39.7 Å². The highest BCUT2D eigenvalue weighted by Crippen LogP contribution is 2.30. The van der Waals surface area contributed by atoms with E-state index in [0.717, 1.165) is 42.7 Å². The summed E-state index contributed by atoms with van der Waals surface area (Å²) in [5.41, 5.74) is 2.08. The largest absolute Gasteiger partial charge is 0.381 e. The molecule has 2 aromatic heterocycles. The summed E-state index contributed by atoms with van der Waals surface area (Å²) in [5.74, 6) is 0. The standard InChI is InChI=1S/C12H14ClN3O.C2H6/c1-8-6-16(9-2-4-17-5-3-9)12-10(8)11(13)14-7-15-12;1-2/h6-7,9H,2-5H2,1H3;1-2H3. The minimum Gasteiger partial charge on any atom is -0.381 e. The minimum absolute atomic E-state index is 0.464. The molecule has 0 aliphatic carbocycles. The van der Waals surface area contributed by atoms with Crippen LogP contribution in [0.1, 0.15) is 38.3 Å². The monoisotopic (exact) mass is 281 g/mol. The summed E-state index contributed by atoms with van der Waals surface area (Å²) in [7, 11) is 0. The first-order chi connectivity index (χ1) is 9.27. The van der Waals surface area contributed by atoms with E-state index in [1.54, 1.807) is 0 Å². The third-order valence-electron chi connectivity index (χ3n) is 3.34. The van der Waals surface area contributed by atoms with E-state index < -0.39 is 0 Å². The van der Waals surface area contributed by atoms with Crippen molar-refractivity contribution in [2.75, 3.05) is 13.2 Å². The van der Waals surface area contributed by atoms with Crippen molar-refractivity contribution < 1.29 is 4.74 Å². The van der Waals surface area contributed by atoms with Crippen LogP contribution < -0.4 is 0 Å². The average Bonchev–Trinajstić information content (AvgIpc) is 2.81. The van der Waals surface area contributed by atoms with Crippen molar-refractivity contribution in [1.82, 2.24) is 14.5 Å². The molecule has 0 spiro atoms. The second-order valence-electron chi connectivity index (χ2n) is 4.43. The van der Waals surface area contributed by atoms with E-state index in [1.165, 1.54) is 6.33 Å². The molecule has 0 amide bonds. The second-order valence-corrected chi connectivity index (χ2v) is 4.78. The van der Waals surface area contributed by atoms with Crippen LogP contribution in [0.5, 0.6) is 0 Å². The van der Waals surface area contributed by atoms with Gasteiger partial charge in [-0.15, -0.1) is 0 Å². The van der Waals surface area contributed by atoms with Crippen LogP contribution >= 0.6 is 11.6 Å². The number of nitrogens with zero attached hydrogens (tertiary/aromatic N) is 3. The molecule has 1 saturated heterocycles. The van der Waals surface area contributed by atoms with Gasteiger partial charge in [-0.2, -0.15) is 0 Å². The molecular weight excluding hydrogens is 262 g/mol. The van der Waals surface area contributed by atoms with Gasteiger partial charge in [0, 0.05) is 25.5 Å². The van der Waals surface area contributed by atoms with Crippen LogP contribution in [0.25, 0.3) is 11.0 Å². The maximum absolute atomic E-state index is 6.13. The number of fused-ring (bicyclic) bond motifs is 1. The van der Waals surface area contributed by atoms with Crippen LogP contribution in [-0.4, -0.2) is 27.7 Å². The molecule has 0 atom stereocenters. The van der Waals surface area contributed by atoms with Gasteiger partial charge in [-0.25, -0.2) is 9.97 Å². The molecule has 0 N–H and O–H groups in total. The third-order valence-corrected chi connectivity index (χ3v) is 3.62. The Bertz CT molecular complexity index is 547. The van der Waals surface area contributed by atoms with Gasteiger partial charge in [0.15, 0.2) is 0 Å². The molecular formula is C14H20ClN3O. The molecule has 19 heavy (non-hydrogen) atoms. The van der Waals surface area contributed by atoms with Crippen molar-refractivity contribution in [3.8, 4) is 0 Å². The predicted molar refractivity (Wildman–Crippen MR) is 77.7 cm³/mol. The molecule has 0 radical (unpaired) electrons. The quantitative estimate of drug-likeness (QED) is 0.747. The number of halogens is 1. The fraction of sp³-hybridized carbons (Fsp3) is 0.571. The molecule has 3 heterocycles. The molecule has 2 aromatic rings. The summed E-state index contributed by atoms with van der Waals surface area (Å²) in [6.07, 6.45) is 5.72. The molecule has 5 heteroatoms. The molecule has 0 unspecified atom stereocenters. The van der Waals surface area contributed by atoms with E-state index in [4.69, 9.17) is 16.3 Å². The Morgan fingerprint density at radius 3 is 2.63 bits per heavy atom. The van der Waals surface area contributed by atoms with Crippen LogP contribution in [0.3, 0.4) is 0 Å². The lowest BCUT2D eigenvalue weighted by Gasteiger charge is -2.24. The first kappa shape index (κ1) is 14.3. The number of aromatic nitrogens is 3. The topological polar surface area (TPSA) is 39.9 Å².